The fraction of sp³-hybridized carbons (Fsp3) is 0.353. The summed E-state index contributed by atoms with van der Waals surface area (Å²) in [4.78, 5) is 6.07. The van der Waals surface area contributed by atoms with E-state index in [4.69, 9.17) is 10.7 Å². The molecule has 0 fully saturated rings. The molecule has 0 aliphatic rings. The second-order valence-electron chi connectivity index (χ2n) is 5.45. The second-order valence-corrected chi connectivity index (χ2v) is 6.39. The third kappa shape index (κ3) is 2.74. The Bertz CT molecular complexity index is 741. The zero-order valence-corrected chi connectivity index (χ0v) is 13.4. The summed E-state index contributed by atoms with van der Waals surface area (Å²) in [6.45, 7) is 5.31. The van der Waals surface area contributed by atoms with Gasteiger partial charge in [0.1, 0.15) is 5.82 Å². The van der Waals surface area contributed by atoms with Gasteiger partial charge >= 0.3 is 0 Å². The summed E-state index contributed by atoms with van der Waals surface area (Å²) in [6.07, 6.45) is 1.89. The van der Waals surface area contributed by atoms with Gasteiger partial charge in [0.15, 0.2) is 0 Å². The number of imidazole rings is 1. The van der Waals surface area contributed by atoms with Gasteiger partial charge in [0.25, 0.3) is 0 Å². The third-order valence-electron chi connectivity index (χ3n) is 3.82. The van der Waals surface area contributed by atoms with Crippen molar-refractivity contribution in [1.82, 2.24) is 9.55 Å². The number of nitrogens with two attached hydrogens (primary N) is 1. The summed E-state index contributed by atoms with van der Waals surface area (Å²) < 4.78 is 2.32. The van der Waals surface area contributed by atoms with E-state index in [9.17, 15) is 0 Å². The van der Waals surface area contributed by atoms with Crippen LogP contribution < -0.4 is 5.73 Å². The molecule has 21 heavy (non-hydrogen) atoms. The van der Waals surface area contributed by atoms with Gasteiger partial charge in [-0.15, -0.1) is 11.3 Å². The standard InChI is InChI=1S/C17H21N3S/c1-3-9-20-15-7-5-4-6-14(15)19-16(20)11-13(18)17-12(2)8-10-21-17/h4-8,10,13H,3,9,11,18H2,1-2H3. The molecule has 0 radical (unpaired) electrons. The fourth-order valence-corrected chi connectivity index (χ4v) is 3.74. The molecule has 0 saturated heterocycles. The molecule has 1 atom stereocenters. The lowest BCUT2D eigenvalue weighted by atomic mass is 10.1. The zero-order chi connectivity index (χ0) is 14.8. The first-order valence-corrected chi connectivity index (χ1v) is 8.32. The van der Waals surface area contributed by atoms with Gasteiger partial charge < -0.3 is 10.3 Å². The van der Waals surface area contributed by atoms with Gasteiger partial charge in [-0.1, -0.05) is 19.1 Å². The minimum atomic E-state index is 0.0254. The molecule has 0 saturated carbocycles. The van der Waals surface area contributed by atoms with Gasteiger partial charge in [0, 0.05) is 23.9 Å². The average Bonchev–Trinajstić information content (AvgIpc) is 3.04. The third-order valence-corrected chi connectivity index (χ3v) is 4.97. The first-order chi connectivity index (χ1) is 10.2. The van der Waals surface area contributed by atoms with Crippen LogP contribution in [0.25, 0.3) is 11.0 Å². The highest BCUT2D eigenvalue weighted by Crippen LogP contribution is 2.26. The maximum Gasteiger partial charge on any atom is 0.111 e. The van der Waals surface area contributed by atoms with E-state index in [1.807, 2.05) is 6.07 Å². The first kappa shape index (κ1) is 14.3. The van der Waals surface area contributed by atoms with Crippen molar-refractivity contribution >= 4 is 22.4 Å². The molecule has 0 aliphatic heterocycles. The fourth-order valence-electron chi connectivity index (χ4n) is 2.81. The lowest BCUT2D eigenvalue weighted by Crippen LogP contribution is -2.16. The number of hydrogen-bond donors (Lipinski definition) is 1. The van der Waals surface area contributed by atoms with E-state index in [2.05, 4.69) is 48.1 Å². The zero-order valence-electron chi connectivity index (χ0n) is 12.5. The van der Waals surface area contributed by atoms with Crippen LogP contribution in [0.2, 0.25) is 0 Å². The van der Waals surface area contributed by atoms with Crippen LogP contribution in [0.5, 0.6) is 0 Å². The summed E-state index contributed by atoms with van der Waals surface area (Å²) >= 11 is 1.74. The highest BCUT2D eigenvalue weighted by atomic mass is 32.1. The van der Waals surface area contributed by atoms with Crippen LogP contribution in [0.1, 0.15) is 35.7 Å². The molecular weight excluding hydrogens is 278 g/mol. The Labute approximate surface area is 129 Å². The van der Waals surface area contributed by atoms with Crippen molar-refractivity contribution in [2.75, 3.05) is 0 Å². The number of aryl methyl sites for hydroxylation is 2. The van der Waals surface area contributed by atoms with Crippen molar-refractivity contribution in [3.63, 3.8) is 0 Å². The van der Waals surface area contributed by atoms with E-state index < -0.39 is 0 Å². The lowest BCUT2D eigenvalue weighted by molar-refractivity contribution is 0.613. The maximum atomic E-state index is 6.42. The van der Waals surface area contributed by atoms with E-state index in [-0.39, 0.29) is 6.04 Å². The van der Waals surface area contributed by atoms with E-state index in [1.54, 1.807) is 11.3 Å². The highest BCUT2D eigenvalue weighted by molar-refractivity contribution is 7.10. The molecule has 3 aromatic rings. The normalized spacial score (nSPS) is 12.9. The Morgan fingerprint density at radius 2 is 2.10 bits per heavy atom. The molecule has 2 heterocycles. The molecule has 2 aromatic heterocycles. The van der Waals surface area contributed by atoms with Crippen molar-refractivity contribution < 1.29 is 0 Å². The number of aromatic nitrogens is 2. The Kier molecular flexibility index (Phi) is 4.08. The van der Waals surface area contributed by atoms with Crippen LogP contribution in [0.3, 0.4) is 0 Å². The SMILES string of the molecule is CCCn1c(CC(N)c2sccc2C)nc2ccccc21. The number of para-hydroxylation sites is 2. The summed E-state index contributed by atoms with van der Waals surface area (Å²) in [5, 5.41) is 2.11. The van der Waals surface area contributed by atoms with E-state index in [1.165, 1.54) is 16.0 Å². The number of nitrogens with zero attached hydrogens (tertiary/aromatic N) is 2. The Morgan fingerprint density at radius 1 is 1.29 bits per heavy atom. The van der Waals surface area contributed by atoms with Gasteiger partial charge in [0.05, 0.1) is 11.0 Å². The number of rotatable bonds is 5. The summed E-state index contributed by atoms with van der Waals surface area (Å²) in [7, 11) is 0. The van der Waals surface area contributed by atoms with Crippen LogP contribution in [0.4, 0.5) is 0 Å². The highest BCUT2D eigenvalue weighted by Gasteiger charge is 2.16. The Hall–Kier alpha value is -1.65. The van der Waals surface area contributed by atoms with E-state index >= 15 is 0 Å². The molecule has 3 nitrogen and oxygen atoms in total. The van der Waals surface area contributed by atoms with E-state index in [0.717, 1.165) is 30.7 Å². The molecule has 4 heteroatoms. The number of thiophene rings is 1. The van der Waals surface area contributed by atoms with Gasteiger partial charge in [-0.3, -0.25) is 0 Å². The number of benzene rings is 1. The van der Waals surface area contributed by atoms with Crippen LogP contribution in [-0.2, 0) is 13.0 Å². The summed E-state index contributed by atoms with van der Waals surface area (Å²) in [6, 6.07) is 10.5. The van der Waals surface area contributed by atoms with Gasteiger partial charge in [-0.25, -0.2) is 4.98 Å². The molecule has 3 rings (SSSR count). The van der Waals surface area contributed by atoms with Crippen molar-refractivity contribution in [3.05, 3.63) is 52.0 Å². The summed E-state index contributed by atoms with van der Waals surface area (Å²) in [5.41, 5.74) is 9.98. The summed E-state index contributed by atoms with van der Waals surface area (Å²) in [5.74, 6) is 1.10. The van der Waals surface area contributed by atoms with Gasteiger partial charge in [0.2, 0.25) is 0 Å². The predicted octanol–water partition coefficient (Wildman–Crippen LogP) is 4.06. The quantitative estimate of drug-likeness (QED) is 0.772. The molecule has 1 unspecified atom stereocenters. The predicted molar refractivity (Wildman–Crippen MR) is 89.7 cm³/mol. The maximum absolute atomic E-state index is 6.42. The number of hydrogen-bond acceptors (Lipinski definition) is 3. The number of fused-ring (bicyclic) bond motifs is 1. The van der Waals surface area contributed by atoms with Crippen LogP contribution in [-0.4, -0.2) is 9.55 Å². The molecule has 110 valence electrons. The van der Waals surface area contributed by atoms with Crippen LogP contribution in [0, 0.1) is 6.92 Å². The van der Waals surface area contributed by atoms with Gasteiger partial charge in [-0.2, -0.15) is 0 Å². The lowest BCUT2D eigenvalue weighted by Gasteiger charge is -2.13. The van der Waals surface area contributed by atoms with Gasteiger partial charge in [-0.05, 0) is 42.5 Å². The topological polar surface area (TPSA) is 43.8 Å². The van der Waals surface area contributed by atoms with Crippen molar-refractivity contribution in [2.24, 2.45) is 5.73 Å². The Morgan fingerprint density at radius 3 is 2.81 bits per heavy atom. The minimum absolute atomic E-state index is 0.0254. The molecular formula is C17H21N3S. The molecule has 0 aliphatic carbocycles. The molecule has 2 N–H and O–H groups in total. The molecule has 0 spiro atoms. The monoisotopic (exact) mass is 299 g/mol. The van der Waals surface area contributed by atoms with Crippen molar-refractivity contribution in [1.29, 1.82) is 0 Å². The molecule has 0 bridgehead atoms. The van der Waals surface area contributed by atoms with Crippen molar-refractivity contribution in [3.8, 4) is 0 Å². The molecule has 1 aromatic carbocycles. The smallest absolute Gasteiger partial charge is 0.111 e. The Balaban J connectivity index is 1.96. The minimum Gasteiger partial charge on any atom is -0.328 e. The average molecular weight is 299 g/mol. The van der Waals surface area contributed by atoms with E-state index in [0.29, 0.717) is 0 Å². The molecule has 0 amide bonds. The van der Waals surface area contributed by atoms with Crippen molar-refractivity contribution in [2.45, 2.75) is 39.3 Å². The van der Waals surface area contributed by atoms with Crippen LogP contribution in [0.15, 0.2) is 35.7 Å². The second kappa shape index (κ2) is 6.00. The largest absolute Gasteiger partial charge is 0.328 e. The first-order valence-electron chi connectivity index (χ1n) is 7.44. The van der Waals surface area contributed by atoms with Crippen LogP contribution >= 0.6 is 11.3 Å².